The molecule has 146 valence electrons. The third-order valence-corrected chi connectivity index (χ3v) is 8.53. The van der Waals surface area contributed by atoms with E-state index in [1.165, 1.54) is 38.2 Å². The number of carbonyl (C=O) groups excluding carboxylic acids is 1. The second-order valence-electron chi connectivity index (χ2n) is 9.52. The van der Waals surface area contributed by atoms with Crippen LogP contribution in [-0.4, -0.2) is 37.0 Å². The van der Waals surface area contributed by atoms with Gasteiger partial charge in [-0.3, -0.25) is 4.79 Å². The molecule has 4 rings (SSSR count). The Morgan fingerprint density at radius 2 is 2.04 bits per heavy atom. The Balaban J connectivity index is 1.67. The van der Waals surface area contributed by atoms with Gasteiger partial charge in [-0.25, -0.2) is 0 Å². The van der Waals surface area contributed by atoms with Crippen molar-refractivity contribution in [1.29, 1.82) is 0 Å². The quantitative estimate of drug-likeness (QED) is 0.612. The largest absolute Gasteiger partial charge is 0.465 e. The molecular weight excluding hydrogens is 328 g/mol. The van der Waals surface area contributed by atoms with Crippen molar-refractivity contribution in [1.82, 2.24) is 0 Å². The van der Waals surface area contributed by atoms with E-state index in [1.54, 1.807) is 0 Å². The van der Waals surface area contributed by atoms with Crippen LogP contribution in [0, 0.1) is 28.6 Å². The standard InChI is InChI=1S/C22H34O4/c1-14(23)26-13-22-11-8-16(24)12-15(22)4-5-17-18-6-7-20(25-3)21(18,2)10-9-19(17)22/h4,16-20,24H,5-13H2,1-3H3/t16-,17-,18-,19-,20-,21-,22+/m0/s1. The summed E-state index contributed by atoms with van der Waals surface area (Å²) in [5.41, 5.74) is 1.61. The van der Waals surface area contributed by atoms with E-state index in [2.05, 4.69) is 13.0 Å². The number of rotatable bonds is 3. The molecule has 0 aromatic heterocycles. The van der Waals surface area contributed by atoms with E-state index in [9.17, 15) is 9.90 Å². The molecule has 0 aromatic rings. The molecule has 4 aliphatic carbocycles. The zero-order valence-corrected chi connectivity index (χ0v) is 16.5. The number of aliphatic hydroxyl groups is 1. The summed E-state index contributed by atoms with van der Waals surface area (Å²) < 4.78 is 11.5. The fourth-order valence-electron chi connectivity index (χ4n) is 7.28. The van der Waals surface area contributed by atoms with Crippen molar-refractivity contribution in [3.63, 3.8) is 0 Å². The molecule has 0 unspecified atom stereocenters. The number of hydrogen-bond acceptors (Lipinski definition) is 4. The normalized spacial score (nSPS) is 47.4. The highest BCUT2D eigenvalue weighted by Gasteiger charge is 2.60. The Morgan fingerprint density at radius 1 is 1.23 bits per heavy atom. The maximum Gasteiger partial charge on any atom is 0.302 e. The Kier molecular flexibility index (Phi) is 4.71. The van der Waals surface area contributed by atoms with Crippen molar-refractivity contribution < 1.29 is 19.4 Å². The van der Waals surface area contributed by atoms with Crippen LogP contribution in [-0.2, 0) is 14.3 Å². The number of carbonyl (C=O) groups is 1. The van der Waals surface area contributed by atoms with Crippen molar-refractivity contribution in [2.75, 3.05) is 13.7 Å². The van der Waals surface area contributed by atoms with Crippen molar-refractivity contribution in [3.8, 4) is 0 Å². The van der Waals surface area contributed by atoms with E-state index >= 15 is 0 Å². The highest BCUT2D eigenvalue weighted by molar-refractivity contribution is 5.66. The molecule has 3 fully saturated rings. The molecule has 4 aliphatic rings. The SMILES string of the molecule is CO[C@H]1CC[C@H]2[C@@H]3CC=C4C[C@@H](O)CC[C@]4(COC(C)=O)[C@H]3CC[C@]12C. The number of ether oxygens (including phenoxy) is 2. The minimum absolute atomic E-state index is 0.0414. The first-order valence-electron chi connectivity index (χ1n) is 10.4. The first-order valence-corrected chi connectivity index (χ1v) is 10.4. The first kappa shape index (κ1) is 18.5. The molecule has 0 aliphatic heterocycles. The first-order chi connectivity index (χ1) is 12.4. The van der Waals surface area contributed by atoms with Crippen molar-refractivity contribution in [3.05, 3.63) is 11.6 Å². The monoisotopic (exact) mass is 362 g/mol. The zero-order chi connectivity index (χ0) is 18.5. The number of methoxy groups -OCH3 is 1. The van der Waals surface area contributed by atoms with E-state index in [-0.39, 0.29) is 22.9 Å². The summed E-state index contributed by atoms with van der Waals surface area (Å²) in [7, 11) is 1.87. The molecule has 0 bridgehead atoms. The maximum absolute atomic E-state index is 11.6. The van der Waals surface area contributed by atoms with Crippen LogP contribution < -0.4 is 0 Å². The predicted octanol–water partition coefficient (Wildman–Crippen LogP) is 3.87. The summed E-state index contributed by atoms with van der Waals surface area (Å²) >= 11 is 0. The average molecular weight is 363 g/mol. The molecule has 0 aromatic carbocycles. The zero-order valence-electron chi connectivity index (χ0n) is 16.5. The number of allylic oxidation sites excluding steroid dienone is 1. The second kappa shape index (κ2) is 6.63. The summed E-state index contributed by atoms with van der Waals surface area (Å²) in [5.74, 6) is 1.74. The van der Waals surface area contributed by atoms with Crippen LogP contribution >= 0.6 is 0 Å². The van der Waals surface area contributed by atoms with Crippen molar-refractivity contribution in [2.24, 2.45) is 28.6 Å². The maximum atomic E-state index is 11.6. The Labute approximate surface area is 157 Å². The minimum atomic E-state index is -0.235. The smallest absolute Gasteiger partial charge is 0.302 e. The third-order valence-electron chi connectivity index (χ3n) is 8.53. The summed E-state index contributed by atoms with van der Waals surface area (Å²) in [5, 5.41) is 10.2. The van der Waals surface area contributed by atoms with Gasteiger partial charge in [0, 0.05) is 19.4 Å². The Morgan fingerprint density at radius 3 is 2.77 bits per heavy atom. The van der Waals surface area contributed by atoms with Crippen LogP contribution in [0.3, 0.4) is 0 Å². The summed E-state index contributed by atoms with van der Waals surface area (Å²) in [6, 6.07) is 0. The van der Waals surface area contributed by atoms with Gasteiger partial charge in [0.25, 0.3) is 0 Å². The van der Waals surface area contributed by atoms with Crippen LogP contribution in [0.5, 0.6) is 0 Å². The summed E-state index contributed by atoms with van der Waals surface area (Å²) in [4.78, 5) is 11.6. The molecule has 3 saturated carbocycles. The van der Waals surface area contributed by atoms with Gasteiger partial charge in [-0.1, -0.05) is 18.6 Å². The molecule has 26 heavy (non-hydrogen) atoms. The van der Waals surface area contributed by atoms with Crippen molar-refractivity contribution in [2.45, 2.75) is 77.4 Å². The second-order valence-corrected chi connectivity index (χ2v) is 9.52. The van der Waals surface area contributed by atoms with Gasteiger partial charge in [0.15, 0.2) is 0 Å². The van der Waals surface area contributed by atoms with Crippen LogP contribution in [0.1, 0.15) is 65.2 Å². The average Bonchev–Trinajstić information content (AvgIpc) is 2.96. The van der Waals surface area contributed by atoms with Crippen molar-refractivity contribution >= 4 is 5.97 Å². The Hall–Kier alpha value is -0.870. The topological polar surface area (TPSA) is 55.8 Å². The van der Waals surface area contributed by atoms with E-state index in [0.29, 0.717) is 30.5 Å². The number of aliphatic hydroxyl groups excluding tert-OH is 1. The fraction of sp³-hybridized carbons (Fsp3) is 0.864. The van der Waals surface area contributed by atoms with Gasteiger partial charge in [0.1, 0.15) is 6.61 Å². The molecule has 0 heterocycles. The molecule has 0 spiro atoms. The molecule has 4 nitrogen and oxygen atoms in total. The van der Waals surface area contributed by atoms with E-state index < -0.39 is 0 Å². The lowest BCUT2D eigenvalue weighted by Gasteiger charge is -2.58. The highest BCUT2D eigenvalue weighted by atomic mass is 16.5. The van der Waals surface area contributed by atoms with E-state index in [4.69, 9.17) is 9.47 Å². The lowest BCUT2D eigenvalue weighted by atomic mass is 9.47. The molecule has 1 N–H and O–H groups in total. The van der Waals surface area contributed by atoms with Gasteiger partial charge in [-0.2, -0.15) is 0 Å². The molecule has 0 saturated heterocycles. The highest BCUT2D eigenvalue weighted by Crippen LogP contribution is 2.65. The van der Waals surface area contributed by atoms with Gasteiger partial charge >= 0.3 is 5.97 Å². The molecular formula is C22H34O4. The van der Waals surface area contributed by atoms with Crippen LogP contribution in [0.15, 0.2) is 11.6 Å². The van der Waals surface area contributed by atoms with Gasteiger partial charge in [0.2, 0.25) is 0 Å². The molecule has 4 heteroatoms. The van der Waals surface area contributed by atoms with Gasteiger partial charge in [-0.05, 0) is 74.5 Å². The van der Waals surface area contributed by atoms with Gasteiger partial charge in [-0.15, -0.1) is 0 Å². The number of fused-ring (bicyclic) bond motifs is 5. The van der Waals surface area contributed by atoms with Gasteiger partial charge in [0.05, 0.1) is 12.2 Å². The fourth-order valence-corrected chi connectivity index (χ4v) is 7.28. The number of esters is 1. The molecule has 7 atom stereocenters. The van der Waals surface area contributed by atoms with Crippen LogP contribution in [0.4, 0.5) is 0 Å². The lowest BCUT2D eigenvalue weighted by molar-refractivity contribution is -0.150. The van der Waals surface area contributed by atoms with E-state index in [0.717, 1.165) is 25.7 Å². The third kappa shape index (κ3) is 2.67. The summed E-state index contributed by atoms with van der Waals surface area (Å²) in [6.07, 6.45) is 11.0. The molecule has 0 amide bonds. The predicted molar refractivity (Wildman–Crippen MR) is 99.5 cm³/mol. The number of hydrogen-bond donors (Lipinski definition) is 1. The lowest BCUT2D eigenvalue weighted by Crippen LogP contribution is -2.54. The Bertz CT molecular complexity index is 599. The van der Waals surface area contributed by atoms with E-state index in [1.807, 2.05) is 7.11 Å². The van der Waals surface area contributed by atoms with Gasteiger partial charge < -0.3 is 14.6 Å². The molecule has 0 radical (unpaired) electrons. The summed E-state index contributed by atoms with van der Waals surface area (Å²) in [6.45, 7) is 4.45. The van der Waals surface area contributed by atoms with Crippen LogP contribution in [0.25, 0.3) is 0 Å². The minimum Gasteiger partial charge on any atom is -0.465 e. The van der Waals surface area contributed by atoms with Crippen LogP contribution in [0.2, 0.25) is 0 Å².